The fourth-order valence-corrected chi connectivity index (χ4v) is 4.82. The van der Waals surface area contributed by atoms with Gasteiger partial charge in [0.05, 0.1) is 0 Å². The van der Waals surface area contributed by atoms with Crippen LogP contribution in [0.4, 0.5) is 0 Å². The van der Waals surface area contributed by atoms with E-state index in [1.165, 1.54) is 5.56 Å². The molecular formula is C23H25N5O3. The van der Waals surface area contributed by atoms with Crippen LogP contribution in [0.2, 0.25) is 0 Å². The normalized spacial score (nSPS) is 22.1. The minimum absolute atomic E-state index is 0.0511. The maximum Gasteiger partial charge on any atom is 0.255 e. The van der Waals surface area contributed by atoms with Gasteiger partial charge in [0.25, 0.3) is 5.91 Å². The van der Waals surface area contributed by atoms with E-state index in [0.717, 1.165) is 30.8 Å². The molecule has 3 N–H and O–H groups in total. The Labute approximate surface area is 180 Å². The van der Waals surface area contributed by atoms with E-state index < -0.39 is 6.04 Å². The van der Waals surface area contributed by atoms with Crippen molar-refractivity contribution in [3.05, 3.63) is 65.0 Å². The highest BCUT2D eigenvalue weighted by molar-refractivity contribution is 6.05. The molecule has 1 aromatic heterocycles. The summed E-state index contributed by atoms with van der Waals surface area (Å²) < 4.78 is 0. The second-order valence-electron chi connectivity index (χ2n) is 8.57. The zero-order valence-corrected chi connectivity index (χ0v) is 17.2. The molecule has 0 radical (unpaired) electrons. The van der Waals surface area contributed by atoms with E-state index in [-0.39, 0.29) is 29.6 Å². The number of imide groups is 1. The van der Waals surface area contributed by atoms with Crippen LogP contribution in [0.25, 0.3) is 0 Å². The summed E-state index contributed by atoms with van der Waals surface area (Å²) in [5.74, 6) is -0.791. The number of nitrogens with one attached hydrogen (secondary N) is 3. The molecule has 0 saturated carbocycles. The van der Waals surface area contributed by atoms with E-state index in [0.29, 0.717) is 25.1 Å². The van der Waals surface area contributed by atoms with Crippen LogP contribution in [0.1, 0.15) is 39.9 Å². The third-order valence-electron chi connectivity index (χ3n) is 6.68. The second-order valence-corrected chi connectivity index (χ2v) is 8.57. The van der Waals surface area contributed by atoms with Crippen LogP contribution in [0.15, 0.2) is 42.7 Å². The molecule has 31 heavy (non-hydrogen) atoms. The topological polar surface area (TPSA) is 103 Å². The van der Waals surface area contributed by atoms with Crippen LogP contribution in [0.5, 0.6) is 0 Å². The van der Waals surface area contributed by atoms with E-state index in [4.69, 9.17) is 0 Å². The number of fused-ring (bicyclic) bond motifs is 1. The smallest absolute Gasteiger partial charge is 0.255 e. The number of carbonyl (C=O) groups excluding carboxylic acids is 3. The number of nitrogens with zero attached hydrogens (tertiary/aromatic N) is 2. The molecule has 8 heteroatoms. The fraction of sp³-hybridized carbons (Fsp3) is 0.391. The van der Waals surface area contributed by atoms with Gasteiger partial charge in [-0.3, -0.25) is 24.7 Å². The summed E-state index contributed by atoms with van der Waals surface area (Å²) in [5, 5.41) is 9.31. The van der Waals surface area contributed by atoms with Crippen molar-refractivity contribution >= 4 is 17.7 Å². The van der Waals surface area contributed by atoms with Gasteiger partial charge in [-0.05, 0) is 41.3 Å². The fourth-order valence-electron chi connectivity index (χ4n) is 4.82. The van der Waals surface area contributed by atoms with Gasteiger partial charge in [0.2, 0.25) is 11.8 Å². The molecule has 4 heterocycles. The van der Waals surface area contributed by atoms with Crippen molar-refractivity contribution in [1.82, 2.24) is 25.8 Å². The number of piperidine rings is 1. The van der Waals surface area contributed by atoms with Gasteiger partial charge in [0, 0.05) is 62.5 Å². The number of benzene rings is 1. The van der Waals surface area contributed by atoms with E-state index in [1.54, 1.807) is 4.90 Å². The number of hydrogen-bond acceptors (Lipinski definition) is 6. The number of carbonyl (C=O) groups is 3. The van der Waals surface area contributed by atoms with Crippen molar-refractivity contribution in [2.45, 2.75) is 37.4 Å². The highest BCUT2D eigenvalue weighted by Gasteiger charge is 2.40. The lowest BCUT2D eigenvalue weighted by atomic mass is 9.75. The Balaban J connectivity index is 1.29. The van der Waals surface area contributed by atoms with E-state index in [9.17, 15) is 14.4 Å². The highest BCUT2D eigenvalue weighted by Crippen LogP contribution is 2.31. The van der Waals surface area contributed by atoms with Crippen LogP contribution in [-0.4, -0.2) is 53.3 Å². The lowest BCUT2D eigenvalue weighted by molar-refractivity contribution is -0.136. The molecule has 160 valence electrons. The molecule has 2 saturated heterocycles. The predicted molar refractivity (Wildman–Crippen MR) is 113 cm³/mol. The van der Waals surface area contributed by atoms with Gasteiger partial charge in [-0.15, -0.1) is 0 Å². The first-order chi connectivity index (χ1) is 15.1. The molecule has 8 nitrogen and oxygen atoms in total. The van der Waals surface area contributed by atoms with Crippen LogP contribution in [0, 0.1) is 0 Å². The summed E-state index contributed by atoms with van der Waals surface area (Å²) in [6.07, 6.45) is 4.29. The van der Waals surface area contributed by atoms with Gasteiger partial charge in [-0.1, -0.05) is 12.1 Å². The monoisotopic (exact) mass is 419 g/mol. The Morgan fingerprint density at radius 1 is 1.13 bits per heavy atom. The number of aromatic nitrogens is 1. The van der Waals surface area contributed by atoms with Crippen molar-refractivity contribution in [2.24, 2.45) is 0 Å². The minimum Gasteiger partial charge on any atom is -0.322 e. The molecule has 0 bridgehead atoms. The van der Waals surface area contributed by atoms with Gasteiger partial charge in [-0.25, -0.2) is 0 Å². The maximum absolute atomic E-state index is 13.0. The third kappa shape index (κ3) is 3.51. The van der Waals surface area contributed by atoms with Gasteiger partial charge < -0.3 is 15.5 Å². The van der Waals surface area contributed by atoms with Crippen molar-refractivity contribution < 1.29 is 14.4 Å². The van der Waals surface area contributed by atoms with Gasteiger partial charge in [-0.2, -0.15) is 0 Å². The SMILES string of the molecule is O=C1CCC(N2Cc3c(CNCC4(c5ccncc5)CNC4)cccc3C2=O)C(=O)N1. The summed E-state index contributed by atoms with van der Waals surface area (Å²) in [6, 6.07) is 9.30. The lowest BCUT2D eigenvalue weighted by Gasteiger charge is -2.43. The number of hydrogen-bond donors (Lipinski definition) is 3. The molecule has 1 atom stereocenters. The Morgan fingerprint density at radius 2 is 1.94 bits per heavy atom. The second kappa shape index (κ2) is 7.86. The number of amides is 3. The molecule has 3 aliphatic heterocycles. The Hall–Kier alpha value is -3.10. The molecular weight excluding hydrogens is 394 g/mol. The Kier molecular flexibility index (Phi) is 5.03. The largest absolute Gasteiger partial charge is 0.322 e. The zero-order chi connectivity index (χ0) is 21.4. The van der Waals surface area contributed by atoms with Gasteiger partial charge in [0.15, 0.2) is 0 Å². The maximum atomic E-state index is 13.0. The van der Waals surface area contributed by atoms with Crippen LogP contribution >= 0.6 is 0 Å². The molecule has 1 unspecified atom stereocenters. The molecule has 2 fully saturated rings. The van der Waals surface area contributed by atoms with Crippen molar-refractivity contribution in [2.75, 3.05) is 19.6 Å². The third-order valence-corrected chi connectivity index (χ3v) is 6.68. The summed E-state index contributed by atoms with van der Waals surface area (Å²) in [6.45, 7) is 3.69. The van der Waals surface area contributed by atoms with Gasteiger partial charge in [0.1, 0.15) is 6.04 Å². The zero-order valence-electron chi connectivity index (χ0n) is 17.2. The van der Waals surface area contributed by atoms with E-state index in [1.807, 2.05) is 30.6 Å². The summed E-state index contributed by atoms with van der Waals surface area (Å²) in [4.78, 5) is 42.4. The lowest BCUT2D eigenvalue weighted by Crippen LogP contribution is -2.61. The predicted octanol–water partition coefficient (Wildman–Crippen LogP) is 0.473. The van der Waals surface area contributed by atoms with Gasteiger partial charge >= 0.3 is 0 Å². The minimum atomic E-state index is -0.589. The molecule has 5 rings (SSSR count). The van der Waals surface area contributed by atoms with E-state index >= 15 is 0 Å². The average Bonchev–Trinajstić information content (AvgIpc) is 3.08. The Bertz CT molecular complexity index is 1030. The molecule has 3 amide bonds. The van der Waals surface area contributed by atoms with Crippen LogP contribution < -0.4 is 16.0 Å². The summed E-state index contributed by atoms with van der Waals surface area (Å²) in [5.41, 5.74) is 4.01. The molecule has 0 aliphatic carbocycles. The number of pyridine rings is 1. The number of rotatable bonds is 6. The van der Waals surface area contributed by atoms with Crippen molar-refractivity contribution in [3.8, 4) is 0 Å². The summed E-state index contributed by atoms with van der Waals surface area (Å²) in [7, 11) is 0. The highest BCUT2D eigenvalue weighted by atomic mass is 16.2. The van der Waals surface area contributed by atoms with Crippen molar-refractivity contribution in [3.63, 3.8) is 0 Å². The molecule has 1 aromatic carbocycles. The van der Waals surface area contributed by atoms with E-state index in [2.05, 4.69) is 33.1 Å². The summed E-state index contributed by atoms with van der Waals surface area (Å²) >= 11 is 0. The quantitative estimate of drug-likeness (QED) is 0.589. The molecule has 3 aliphatic rings. The van der Waals surface area contributed by atoms with Crippen LogP contribution in [-0.2, 0) is 28.1 Å². The first-order valence-electron chi connectivity index (χ1n) is 10.6. The standard InChI is InChI=1S/C23H25N5O3/c29-20-5-4-19(21(30)27-20)28-11-18-15(2-1-3-17(18)22(28)31)10-25-12-23(13-26-14-23)16-6-8-24-9-7-16/h1-3,6-9,19,25-26H,4-5,10-14H2,(H,27,29,30). The first-order valence-corrected chi connectivity index (χ1v) is 10.6. The molecule has 2 aromatic rings. The first kappa shape index (κ1) is 19.8. The van der Waals surface area contributed by atoms with Crippen LogP contribution in [0.3, 0.4) is 0 Å². The average molecular weight is 419 g/mol. The van der Waals surface area contributed by atoms with Crippen molar-refractivity contribution in [1.29, 1.82) is 0 Å². The Morgan fingerprint density at radius 3 is 2.65 bits per heavy atom. The molecule has 0 spiro atoms.